The molecule has 0 radical (unpaired) electrons. The van der Waals surface area contributed by atoms with Crippen LogP contribution in [0.3, 0.4) is 0 Å². The van der Waals surface area contributed by atoms with Crippen molar-refractivity contribution in [3.05, 3.63) is 42.5 Å². The van der Waals surface area contributed by atoms with Gasteiger partial charge in [-0.2, -0.15) is 0 Å². The van der Waals surface area contributed by atoms with Crippen LogP contribution in [0.2, 0.25) is 0 Å². The third-order valence-electron chi connectivity index (χ3n) is 3.37. The molecule has 1 aliphatic heterocycles. The van der Waals surface area contributed by atoms with Crippen molar-refractivity contribution >= 4 is 0 Å². The number of aromatic nitrogens is 3. The smallest absolute Gasteiger partial charge is 0.159 e. The van der Waals surface area contributed by atoms with Gasteiger partial charge in [0.05, 0.1) is 0 Å². The zero-order valence-electron chi connectivity index (χ0n) is 10.2. The molecule has 0 saturated carbocycles. The average molecular weight is 240 g/mol. The van der Waals surface area contributed by atoms with E-state index >= 15 is 0 Å². The van der Waals surface area contributed by atoms with Crippen LogP contribution in [0.25, 0.3) is 11.4 Å². The number of pyridine rings is 1. The summed E-state index contributed by atoms with van der Waals surface area (Å²) in [6, 6.07) is 5.93. The quantitative estimate of drug-likeness (QED) is 0.872. The highest BCUT2D eigenvalue weighted by Gasteiger charge is 2.17. The van der Waals surface area contributed by atoms with E-state index in [4.69, 9.17) is 4.98 Å². The van der Waals surface area contributed by atoms with Crippen LogP contribution >= 0.6 is 0 Å². The Kier molecular flexibility index (Phi) is 3.28. The van der Waals surface area contributed by atoms with Gasteiger partial charge in [-0.1, -0.05) is 0 Å². The first-order chi connectivity index (χ1) is 8.93. The van der Waals surface area contributed by atoms with Crippen LogP contribution in [-0.4, -0.2) is 28.0 Å². The molecule has 0 spiro atoms. The van der Waals surface area contributed by atoms with Crippen molar-refractivity contribution in [1.82, 2.24) is 20.3 Å². The number of hydrogen-bond donors (Lipinski definition) is 1. The Morgan fingerprint density at radius 2 is 1.78 bits per heavy atom. The summed E-state index contributed by atoms with van der Waals surface area (Å²) in [5.41, 5.74) is 2.19. The van der Waals surface area contributed by atoms with E-state index in [0.717, 1.165) is 37.3 Å². The molecule has 1 N–H and O–H groups in total. The normalized spacial score (nSPS) is 16.7. The first-order valence-electron chi connectivity index (χ1n) is 6.37. The topological polar surface area (TPSA) is 50.7 Å². The Balaban J connectivity index is 1.89. The molecule has 0 amide bonds. The standard InChI is InChI=1S/C14H16N4/c1-6-15-7-2-11(1)13-5-10-17-14(18-13)12-3-8-16-9-4-12/h3-5,8-11,15H,1-2,6-7H2. The summed E-state index contributed by atoms with van der Waals surface area (Å²) in [7, 11) is 0. The van der Waals surface area contributed by atoms with E-state index in [9.17, 15) is 0 Å². The molecule has 0 atom stereocenters. The number of piperidine rings is 1. The van der Waals surface area contributed by atoms with E-state index in [-0.39, 0.29) is 0 Å². The zero-order valence-corrected chi connectivity index (χ0v) is 10.2. The minimum absolute atomic E-state index is 0.565. The molecule has 0 aliphatic carbocycles. The van der Waals surface area contributed by atoms with Crippen molar-refractivity contribution in [3.63, 3.8) is 0 Å². The van der Waals surface area contributed by atoms with Gasteiger partial charge in [0.2, 0.25) is 0 Å². The first-order valence-corrected chi connectivity index (χ1v) is 6.37. The van der Waals surface area contributed by atoms with Gasteiger partial charge in [0.15, 0.2) is 5.82 Å². The monoisotopic (exact) mass is 240 g/mol. The second-order valence-electron chi connectivity index (χ2n) is 4.57. The summed E-state index contributed by atoms with van der Waals surface area (Å²) in [5, 5.41) is 3.38. The van der Waals surface area contributed by atoms with E-state index in [1.165, 1.54) is 5.69 Å². The summed E-state index contributed by atoms with van der Waals surface area (Å²) in [5.74, 6) is 1.36. The van der Waals surface area contributed by atoms with Gasteiger partial charge >= 0.3 is 0 Å². The van der Waals surface area contributed by atoms with Crippen molar-refractivity contribution in [2.75, 3.05) is 13.1 Å². The van der Waals surface area contributed by atoms with Crippen LogP contribution in [-0.2, 0) is 0 Å². The predicted octanol–water partition coefficient (Wildman–Crippen LogP) is 2.01. The number of nitrogens with zero attached hydrogens (tertiary/aromatic N) is 3. The predicted molar refractivity (Wildman–Crippen MR) is 70.1 cm³/mol. The van der Waals surface area contributed by atoms with Crippen LogP contribution in [0.4, 0.5) is 0 Å². The molecule has 2 aromatic rings. The lowest BCUT2D eigenvalue weighted by Gasteiger charge is -2.22. The van der Waals surface area contributed by atoms with Crippen molar-refractivity contribution in [2.24, 2.45) is 0 Å². The molecule has 92 valence electrons. The Morgan fingerprint density at radius 3 is 2.56 bits per heavy atom. The SMILES string of the molecule is c1cc(-c2nccc(C3CCNCC3)n2)ccn1. The van der Waals surface area contributed by atoms with Crippen LogP contribution in [0.15, 0.2) is 36.8 Å². The Hall–Kier alpha value is -1.81. The molecule has 1 fully saturated rings. The zero-order chi connectivity index (χ0) is 12.2. The van der Waals surface area contributed by atoms with Gasteiger partial charge in [-0.3, -0.25) is 4.98 Å². The fraction of sp³-hybridized carbons (Fsp3) is 0.357. The molecule has 3 heterocycles. The van der Waals surface area contributed by atoms with Crippen LogP contribution in [0.5, 0.6) is 0 Å². The van der Waals surface area contributed by atoms with Gasteiger partial charge in [0.25, 0.3) is 0 Å². The minimum atomic E-state index is 0.565. The molecule has 2 aromatic heterocycles. The van der Waals surface area contributed by atoms with Crippen molar-refractivity contribution < 1.29 is 0 Å². The van der Waals surface area contributed by atoms with E-state index in [1.54, 1.807) is 12.4 Å². The lowest BCUT2D eigenvalue weighted by molar-refractivity contribution is 0.453. The summed E-state index contributed by atoms with van der Waals surface area (Å²) in [6.07, 6.45) is 7.73. The molecular formula is C14H16N4. The minimum Gasteiger partial charge on any atom is -0.317 e. The lowest BCUT2D eigenvalue weighted by atomic mass is 9.94. The van der Waals surface area contributed by atoms with Crippen LogP contribution < -0.4 is 5.32 Å². The highest BCUT2D eigenvalue weighted by atomic mass is 14.9. The second kappa shape index (κ2) is 5.23. The Bertz CT molecular complexity index is 506. The number of hydrogen-bond acceptors (Lipinski definition) is 4. The fourth-order valence-corrected chi connectivity index (χ4v) is 2.36. The molecule has 3 rings (SSSR count). The van der Waals surface area contributed by atoms with Gasteiger partial charge in [-0.15, -0.1) is 0 Å². The van der Waals surface area contributed by atoms with Crippen molar-refractivity contribution in [3.8, 4) is 11.4 Å². The maximum absolute atomic E-state index is 4.70. The molecule has 4 nitrogen and oxygen atoms in total. The fourth-order valence-electron chi connectivity index (χ4n) is 2.36. The molecule has 18 heavy (non-hydrogen) atoms. The molecule has 0 unspecified atom stereocenters. The van der Waals surface area contributed by atoms with Crippen LogP contribution in [0.1, 0.15) is 24.5 Å². The Labute approximate surface area is 107 Å². The second-order valence-corrected chi connectivity index (χ2v) is 4.57. The van der Waals surface area contributed by atoms with Gasteiger partial charge in [0, 0.05) is 35.8 Å². The molecular weight excluding hydrogens is 224 g/mol. The molecule has 1 aliphatic rings. The van der Waals surface area contributed by atoms with Gasteiger partial charge in [0.1, 0.15) is 0 Å². The van der Waals surface area contributed by atoms with E-state index in [2.05, 4.69) is 15.3 Å². The van der Waals surface area contributed by atoms with E-state index in [1.807, 2.05) is 24.4 Å². The number of nitrogens with one attached hydrogen (secondary N) is 1. The van der Waals surface area contributed by atoms with E-state index in [0.29, 0.717) is 5.92 Å². The summed E-state index contributed by atoms with van der Waals surface area (Å²) < 4.78 is 0. The highest BCUT2D eigenvalue weighted by Crippen LogP contribution is 2.24. The van der Waals surface area contributed by atoms with Gasteiger partial charge in [-0.05, 0) is 44.1 Å². The highest BCUT2D eigenvalue weighted by molar-refractivity contribution is 5.53. The molecule has 0 bridgehead atoms. The first kappa shape index (κ1) is 11.3. The lowest BCUT2D eigenvalue weighted by Crippen LogP contribution is -2.27. The van der Waals surface area contributed by atoms with Crippen molar-refractivity contribution in [1.29, 1.82) is 0 Å². The van der Waals surface area contributed by atoms with Gasteiger partial charge in [-0.25, -0.2) is 9.97 Å². The third kappa shape index (κ3) is 2.38. The van der Waals surface area contributed by atoms with Crippen LogP contribution in [0, 0.1) is 0 Å². The molecule has 1 saturated heterocycles. The summed E-state index contributed by atoms with van der Waals surface area (Å²) in [4.78, 5) is 13.1. The molecule has 0 aromatic carbocycles. The largest absolute Gasteiger partial charge is 0.317 e. The van der Waals surface area contributed by atoms with Gasteiger partial charge < -0.3 is 5.32 Å². The maximum Gasteiger partial charge on any atom is 0.159 e. The third-order valence-corrected chi connectivity index (χ3v) is 3.37. The van der Waals surface area contributed by atoms with Crippen molar-refractivity contribution in [2.45, 2.75) is 18.8 Å². The number of rotatable bonds is 2. The average Bonchev–Trinajstić information content (AvgIpc) is 2.49. The summed E-state index contributed by atoms with van der Waals surface area (Å²) in [6.45, 7) is 2.17. The summed E-state index contributed by atoms with van der Waals surface area (Å²) >= 11 is 0. The maximum atomic E-state index is 4.70. The van der Waals surface area contributed by atoms with E-state index < -0.39 is 0 Å². The Morgan fingerprint density at radius 1 is 1.00 bits per heavy atom. The molecule has 4 heteroatoms.